The number of hydrogen-bond donors (Lipinski definition) is 0. The molecule has 0 bridgehead atoms. The van der Waals surface area contributed by atoms with E-state index < -0.39 is 0 Å². The van der Waals surface area contributed by atoms with Crippen molar-refractivity contribution in [1.29, 1.82) is 0 Å². The second-order valence-electron chi connectivity index (χ2n) is 3.06. The van der Waals surface area contributed by atoms with Crippen LogP contribution in [0.2, 0.25) is 5.02 Å². The molecular weight excluding hydrogens is 232 g/mol. The van der Waals surface area contributed by atoms with Crippen molar-refractivity contribution in [2.24, 2.45) is 0 Å². The van der Waals surface area contributed by atoms with E-state index in [0.717, 1.165) is 0 Å². The van der Waals surface area contributed by atoms with Crippen LogP contribution in [0.5, 0.6) is 11.5 Å². The summed E-state index contributed by atoms with van der Waals surface area (Å²) in [6, 6.07) is 1.38. The second kappa shape index (κ2) is 4.99. The molecule has 0 aliphatic carbocycles. The summed E-state index contributed by atoms with van der Waals surface area (Å²) < 4.78 is 10.1. The van der Waals surface area contributed by atoms with Crippen molar-refractivity contribution in [1.82, 2.24) is 0 Å². The molecule has 0 spiro atoms. The average Bonchev–Trinajstić information content (AvgIpc) is 2.26. The number of halogens is 1. The maximum atomic E-state index is 11.4. The van der Waals surface area contributed by atoms with Gasteiger partial charge in [0.2, 0.25) is 0 Å². The van der Waals surface area contributed by atoms with Crippen molar-refractivity contribution >= 4 is 23.7 Å². The van der Waals surface area contributed by atoms with Gasteiger partial charge in [-0.15, -0.1) is 0 Å². The molecule has 0 radical (unpaired) electrons. The van der Waals surface area contributed by atoms with E-state index in [4.69, 9.17) is 21.1 Å². The molecule has 0 heterocycles. The van der Waals surface area contributed by atoms with Crippen molar-refractivity contribution in [3.8, 4) is 11.5 Å². The minimum atomic E-state index is -0.252. The quantitative estimate of drug-likeness (QED) is 0.601. The zero-order valence-corrected chi connectivity index (χ0v) is 9.92. The van der Waals surface area contributed by atoms with Crippen LogP contribution >= 0.6 is 11.6 Å². The minimum absolute atomic E-state index is 0.173. The van der Waals surface area contributed by atoms with E-state index in [1.165, 1.54) is 27.2 Å². The van der Waals surface area contributed by atoms with Crippen LogP contribution in [0.4, 0.5) is 0 Å². The zero-order chi connectivity index (χ0) is 12.3. The van der Waals surface area contributed by atoms with Crippen LogP contribution < -0.4 is 9.47 Å². The number of Topliss-reactive ketones (excluding diaryl/α,β-unsaturated/α-hetero) is 1. The number of aldehydes is 1. The normalized spacial score (nSPS) is 9.75. The summed E-state index contributed by atoms with van der Waals surface area (Å²) in [7, 11) is 2.78. The summed E-state index contributed by atoms with van der Waals surface area (Å²) in [5, 5.41) is 0.173. The molecular formula is C11H11ClO4. The van der Waals surface area contributed by atoms with Gasteiger partial charge in [-0.3, -0.25) is 9.59 Å². The highest BCUT2D eigenvalue weighted by Crippen LogP contribution is 2.38. The smallest absolute Gasteiger partial charge is 0.173 e. The van der Waals surface area contributed by atoms with Gasteiger partial charge in [-0.25, -0.2) is 0 Å². The Morgan fingerprint density at radius 2 is 1.88 bits per heavy atom. The second-order valence-corrected chi connectivity index (χ2v) is 3.47. The lowest BCUT2D eigenvalue weighted by Gasteiger charge is -2.14. The average molecular weight is 243 g/mol. The Hall–Kier alpha value is -1.55. The Morgan fingerprint density at radius 3 is 2.25 bits per heavy atom. The molecule has 0 unspecified atom stereocenters. The van der Waals surface area contributed by atoms with Crippen LogP contribution in [0.25, 0.3) is 0 Å². The van der Waals surface area contributed by atoms with Gasteiger partial charge >= 0.3 is 0 Å². The predicted molar refractivity (Wildman–Crippen MR) is 59.9 cm³/mol. The minimum Gasteiger partial charge on any atom is -0.492 e. The van der Waals surface area contributed by atoms with Gasteiger partial charge in [-0.1, -0.05) is 11.6 Å². The van der Waals surface area contributed by atoms with Gasteiger partial charge in [-0.05, 0) is 13.0 Å². The molecule has 0 N–H and O–H groups in total. The Kier molecular flexibility index (Phi) is 3.90. The fourth-order valence-electron chi connectivity index (χ4n) is 1.45. The van der Waals surface area contributed by atoms with Gasteiger partial charge in [0.25, 0.3) is 0 Å². The van der Waals surface area contributed by atoms with E-state index in [9.17, 15) is 9.59 Å². The summed E-state index contributed by atoms with van der Waals surface area (Å²) in [5.74, 6) is 0.147. The number of ether oxygens (including phenoxy) is 2. The number of benzene rings is 1. The van der Waals surface area contributed by atoms with Crippen molar-refractivity contribution in [2.75, 3.05) is 14.2 Å². The first-order valence-electron chi connectivity index (χ1n) is 4.47. The van der Waals surface area contributed by atoms with E-state index in [1.807, 2.05) is 0 Å². The van der Waals surface area contributed by atoms with E-state index >= 15 is 0 Å². The highest BCUT2D eigenvalue weighted by molar-refractivity contribution is 6.34. The highest BCUT2D eigenvalue weighted by Gasteiger charge is 2.21. The van der Waals surface area contributed by atoms with Gasteiger partial charge in [0.05, 0.1) is 30.4 Å². The molecule has 4 nitrogen and oxygen atoms in total. The monoisotopic (exact) mass is 242 g/mol. The molecule has 0 amide bonds. The molecule has 0 aliphatic rings. The number of ketones is 1. The number of hydrogen-bond acceptors (Lipinski definition) is 4. The molecule has 0 saturated carbocycles. The first-order chi connectivity index (χ1) is 7.56. The molecule has 0 aliphatic heterocycles. The first-order valence-corrected chi connectivity index (χ1v) is 4.85. The molecule has 1 aromatic rings. The number of methoxy groups -OCH3 is 2. The third-order valence-corrected chi connectivity index (χ3v) is 2.40. The number of carbonyl (C=O) groups is 2. The van der Waals surface area contributed by atoms with Gasteiger partial charge in [0.1, 0.15) is 0 Å². The zero-order valence-electron chi connectivity index (χ0n) is 9.17. The summed E-state index contributed by atoms with van der Waals surface area (Å²) in [6.45, 7) is 1.36. The van der Waals surface area contributed by atoms with Crippen molar-refractivity contribution in [2.45, 2.75) is 6.92 Å². The van der Waals surface area contributed by atoms with Gasteiger partial charge < -0.3 is 9.47 Å². The van der Waals surface area contributed by atoms with Gasteiger partial charge in [-0.2, -0.15) is 0 Å². The fraction of sp³-hybridized carbons (Fsp3) is 0.273. The van der Waals surface area contributed by atoms with Crippen molar-refractivity contribution in [3.05, 3.63) is 22.2 Å². The number of carbonyl (C=O) groups excluding carboxylic acids is 2. The van der Waals surface area contributed by atoms with Crippen LogP contribution in [-0.2, 0) is 0 Å². The summed E-state index contributed by atoms with van der Waals surface area (Å²) in [4.78, 5) is 22.2. The first kappa shape index (κ1) is 12.5. The molecule has 0 fully saturated rings. The van der Waals surface area contributed by atoms with Crippen LogP contribution in [0, 0.1) is 0 Å². The predicted octanol–water partition coefficient (Wildman–Crippen LogP) is 2.37. The molecule has 0 atom stereocenters. The van der Waals surface area contributed by atoms with E-state index in [1.54, 1.807) is 0 Å². The highest BCUT2D eigenvalue weighted by atomic mass is 35.5. The summed E-state index contributed by atoms with van der Waals surface area (Å²) in [6.07, 6.45) is 0.594. The van der Waals surface area contributed by atoms with Crippen LogP contribution in [-0.4, -0.2) is 26.3 Å². The largest absolute Gasteiger partial charge is 0.492 e. The third-order valence-electron chi connectivity index (χ3n) is 2.10. The maximum absolute atomic E-state index is 11.4. The lowest BCUT2D eigenvalue weighted by Crippen LogP contribution is -2.04. The standard InChI is InChI=1S/C11H11ClO4/c1-6(14)9-8(12)4-7(5-13)10(15-2)11(9)16-3/h4-5H,1-3H3. The molecule has 1 rings (SSSR count). The van der Waals surface area contributed by atoms with Crippen LogP contribution in [0.1, 0.15) is 27.6 Å². The van der Waals surface area contributed by atoms with Crippen LogP contribution in [0.15, 0.2) is 6.07 Å². The SMILES string of the molecule is COc1c(C=O)cc(Cl)c(C(C)=O)c1OC. The van der Waals surface area contributed by atoms with E-state index in [-0.39, 0.29) is 33.4 Å². The lowest BCUT2D eigenvalue weighted by molar-refractivity contribution is 0.101. The third kappa shape index (κ3) is 2.02. The Bertz CT molecular complexity index is 440. The molecule has 1 aromatic carbocycles. The van der Waals surface area contributed by atoms with Gasteiger partial charge in [0.15, 0.2) is 23.6 Å². The topological polar surface area (TPSA) is 52.6 Å². The van der Waals surface area contributed by atoms with Gasteiger partial charge in [0, 0.05) is 0 Å². The molecule has 0 saturated heterocycles. The summed E-state index contributed by atoms with van der Waals surface area (Å²) in [5.41, 5.74) is 0.459. The molecule has 5 heteroatoms. The Morgan fingerprint density at radius 1 is 1.31 bits per heavy atom. The van der Waals surface area contributed by atoms with Crippen molar-refractivity contribution in [3.63, 3.8) is 0 Å². The molecule has 0 aromatic heterocycles. The summed E-state index contributed by atoms with van der Waals surface area (Å²) >= 11 is 5.90. The fourth-order valence-corrected chi connectivity index (χ4v) is 1.78. The number of rotatable bonds is 4. The molecule has 86 valence electrons. The van der Waals surface area contributed by atoms with E-state index in [2.05, 4.69) is 0 Å². The maximum Gasteiger partial charge on any atom is 0.173 e. The molecule has 16 heavy (non-hydrogen) atoms. The van der Waals surface area contributed by atoms with Crippen LogP contribution in [0.3, 0.4) is 0 Å². The van der Waals surface area contributed by atoms with Crippen molar-refractivity contribution < 1.29 is 19.1 Å². The lowest BCUT2D eigenvalue weighted by atomic mass is 10.1. The Labute approximate surface area is 98.1 Å². The Balaban J connectivity index is 3.64. The van der Waals surface area contributed by atoms with E-state index in [0.29, 0.717) is 6.29 Å².